The van der Waals surface area contributed by atoms with Gasteiger partial charge in [0.15, 0.2) is 0 Å². The van der Waals surface area contributed by atoms with E-state index in [-0.39, 0.29) is 24.1 Å². The first-order valence-corrected chi connectivity index (χ1v) is 8.43. The molecule has 1 aromatic carbocycles. The predicted molar refractivity (Wildman–Crippen MR) is 91.7 cm³/mol. The lowest BCUT2D eigenvalue weighted by atomic mass is 9.88. The molecule has 0 saturated carbocycles. The van der Waals surface area contributed by atoms with Gasteiger partial charge in [-0.25, -0.2) is 9.37 Å². The van der Waals surface area contributed by atoms with Crippen molar-refractivity contribution in [3.63, 3.8) is 0 Å². The molecule has 1 unspecified atom stereocenters. The molecule has 1 aromatic heterocycles. The Bertz CT molecular complexity index is 686. The molecule has 3 N–H and O–H groups in total. The molecule has 4 nitrogen and oxygen atoms in total. The lowest BCUT2D eigenvalue weighted by Gasteiger charge is -2.33. The third-order valence-corrected chi connectivity index (χ3v) is 5.03. The van der Waals surface area contributed by atoms with Crippen LogP contribution in [0.3, 0.4) is 0 Å². The summed E-state index contributed by atoms with van der Waals surface area (Å²) in [6.45, 7) is 6.37. The van der Waals surface area contributed by atoms with Gasteiger partial charge in [-0.05, 0) is 25.0 Å². The summed E-state index contributed by atoms with van der Waals surface area (Å²) in [7, 11) is 0. The van der Waals surface area contributed by atoms with E-state index in [4.69, 9.17) is 5.73 Å². The minimum atomic E-state index is -0.432. The second-order valence-electron chi connectivity index (χ2n) is 6.16. The Morgan fingerprint density at radius 2 is 2.22 bits per heavy atom. The largest absolute Gasteiger partial charge is 0.349 e. The van der Waals surface area contributed by atoms with Crippen LogP contribution in [0.15, 0.2) is 29.6 Å². The first kappa shape index (κ1) is 17.6. The zero-order valence-corrected chi connectivity index (χ0v) is 14.4. The number of hydrogen-bond donors (Lipinski definition) is 2. The summed E-state index contributed by atoms with van der Waals surface area (Å²) in [5, 5.41) is 5.52. The van der Waals surface area contributed by atoms with Gasteiger partial charge in [0.25, 0.3) is 0 Å². The van der Waals surface area contributed by atoms with E-state index >= 15 is 0 Å². The van der Waals surface area contributed by atoms with Crippen molar-refractivity contribution in [2.45, 2.75) is 32.7 Å². The summed E-state index contributed by atoms with van der Waals surface area (Å²) in [4.78, 5) is 16.7. The molecule has 0 bridgehead atoms. The zero-order valence-electron chi connectivity index (χ0n) is 13.6. The number of nitrogens with zero attached hydrogens (tertiary/aromatic N) is 1. The van der Waals surface area contributed by atoms with E-state index in [0.29, 0.717) is 17.2 Å². The van der Waals surface area contributed by atoms with Gasteiger partial charge in [-0.15, -0.1) is 11.3 Å². The van der Waals surface area contributed by atoms with Gasteiger partial charge in [-0.2, -0.15) is 0 Å². The van der Waals surface area contributed by atoms with E-state index < -0.39 is 5.54 Å². The molecule has 2 aromatic rings. The van der Waals surface area contributed by atoms with Gasteiger partial charge in [0.2, 0.25) is 5.91 Å². The molecule has 124 valence electrons. The quantitative estimate of drug-likeness (QED) is 0.853. The highest BCUT2D eigenvalue weighted by atomic mass is 32.1. The highest BCUT2D eigenvalue weighted by Crippen LogP contribution is 2.24. The summed E-state index contributed by atoms with van der Waals surface area (Å²) in [5.41, 5.74) is 6.74. The summed E-state index contributed by atoms with van der Waals surface area (Å²) in [6.07, 6.45) is 0.189. The number of benzene rings is 1. The maximum atomic E-state index is 13.3. The number of carbonyl (C=O) groups excluding carboxylic acids is 1. The van der Waals surface area contributed by atoms with Crippen molar-refractivity contribution in [1.82, 2.24) is 10.3 Å². The molecule has 0 fully saturated rings. The first-order valence-electron chi connectivity index (χ1n) is 7.55. The zero-order chi connectivity index (χ0) is 17.0. The monoisotopic (exact) mass is 335 g/mol. The maximum Gasteiger partial charge on any atom is 0.226 e. The smallest absolute Gasteiger partial charge is 0.226 e. The van der Waals surface area contributed by atoms with Gasteiger partial charge in [-0.3, -0.25) is 4.79 Å². The van der Waals surface area contributed by atoms with Crippen molar-refractivity contribution in [3.05, 3.63) is 41.2 Å². The second kappa shape index (κ2) is 7.19. The number of hydrogen-bond acceptors (Lipinski definition) is 4. The van der Waals surface area contributed by atoms with Crippen LogP contribution in [0, 0.1) is 11.7 Å². The van der Waals surface area contributed by atoms with Gasteiger partial charge >= 0.3 is 0 Å². The van der Waals surface area contributed by atoms with Gasteiger partial charge < -0.3 is 11.1 Å². The van der Waals surface area contributed by atoms with Crippen LogP contribution < -0.4 is 11.1 Å². The van der Waals surface area contributed by atoms with Crippen molar-refractivity contribution in [3.8, 4) is 10.6 Å². The van der Waals surface area contributed by atoms with Crippen molar-refractivity contribution in [2.24, 2.45) is 11.7 Å². The van der Waals surface area contributed by atoms with Crippen LogP contribution in [-0.4, -0.2) is 23.0 Å². The van der Waals surface area contributed by atoms with Crippen molar-refractivity contribution in [2.75, 3.05) is 6.54 Å². The SMILES string of the molecule is CC(C)C(C)(CN)NC(=O)Cc1csc(-c2cccc(F)c2)n1. The Morgan fingerprint density at radius 3 is 2.83 bits per heavy atom. The van der Waals surface area contributed by atoms with E-state index in [1.165, 1.54) is 23.5 Å². The van der Waals surface area contributed by atoms with E-state index in [2.05, 4.69) is 10.3 Å². The van der Waals surface area contributed by atoms with E-state index in [9.17, 15) is 9.18 Å². The normalized spacial score (nSPS) is 13.8. The van der Waals surface area contributed by atoms with Gasteiger partial charge in [0.1, 0.15) is 10.8 Å². The Kier molecular flexibility index (Phi) is 5.49. The molecule has 0 aliphatic rings. The Hall–Kier alpha value is -1.79. The molecule has 2 rings (SSSR count). The highest BCUT2D eigenvalue weighted by Gasteiger charge is 2.28. The molecule has 23 heavy (non-hydrogen) atoms. The number of halogens is 1. The summed E-state index contributed by atoms with van der Waals surface area (Å²) >= 11 is 1.40. The Balaban J connectivity index is 2.06. The van der Waals surface area contributed by atoms with Gasteiger partial charge in [0, 0.05) is 17.5 Å². The number of aromatic nitrogens is 1. The summed E-state index contributed by atoms with van der Waals surface area (Å²) in [6, 6.07) is 6.28. The van der Waals surface area contributed by atoms with Gasteiger partial charge in [0.05, 0.1) is 17.7 Å². The predicted octanol–water partition coefficient (Wildman–Crippen LogP) is 2.98. The van der Waals surface area contributed by atoms with Crippen molar-refractivity contribution < 1.29 is 9.18 Å². The van der Waals surface area contributed by atoms with E-state index in [1.807, 2.05) is 26.2 Å². The molecular weight excluding hydrogens is 313 g/mol. The summed E-state index contributed by atoms with van der Waals surface area (Å²) < 4.78 is 13.3. The topological polar surface area (TPSA) is 68.0 Å². The number of carbonyl (C=O) groups is 1. The summed E-state index contributed by atoms with van der Waals surface area (Å²) in [5.74, 6) is -0.176. The number of thiazole rings is 1. The van der Waals surface area contributed by atoms with Crippen LogP contribution in [0.4, 0.5) is 4.39 Å². The fourth-order valence-electron chi connectivity index (χ4n) is 2.10. The minimum absolute atomic E-state index is 0.109. The molecular formula is C17H22FN3OS. The van der Waals surface area contributed by atoms with Crippen LogP contribution in [-0.2, 0) is 11.2 Å². The standard InChI is InChI=1S/C17H22FN3OS/c1-11(2)17(3,10-19)21-15(22)8-14-9-23-16(20-14)12-5-4-6-13(18)7-12/h4-7,9,11H,8,10,19H2,1-3H3,(H,21,22). The third kappa shape index (κ3) is 4.36. The number of amides is 1. The number of nitrogens with two attached hydrogens (primary N) is 1. The fraction of sp³-hybridized carbons (Fsp3) is 0.412. The van der Waals surface area contributed by atoms with Crippen LogP contribution in [0.25, 0.3) is 10.6 Å². The van der Waals surface area contributed by atoms with E-state index in [0.717, 1.165) is 5.56 Å². The lowest BCUT2D eigenvalue weighted by molar-refractivity contribution is -0.122. The molecule has 1 amide bonds. The third-order valence-electron chi connectivity index (χ3n) is 4.09. The maximum absolute atomic E-state index is 13.3. The van der Waals surface area contributed by atoms with Crippen molar-refractivity contribution >= 4 is 17.2 Å². The minimum Gasteiger partial charge on any atom is -0.349 e. The van der Waals surface area contributed by atoms with Crippen LogP contribution >= 0.6 is 11.3 Å². The molecule has 0 radical (unpaired) electrons. The average Bonchev–Trinajstić information content (AvgIpc) is 2.95. The Morgan fingerprint density at radius 1 is 1.48 bits per heavy atom. The molecule has 0 saturated heterocycles. The average molecular weight is 335 g/mol. The molecule has 1 heterocycles. The van der Waals surface area contributed by atoms with Crippen LogP contribution in [0.1, 0.15) is 26.5 Å². The molecule has 0 spiro atoms. The molecule has 0 aliphatic carbocycles. The molecule has 6 heteroatoms. The highest BCUT2D eigenvalue weighted by molar-refractivity contribution is 7.13. The second-order valence-corrected chi connectivity index (χ2v) is 7.01. The molecule has 0 aliphatic heterocycles. The Labute approximate surface area is 139 Å². The number of nitrogens with one attached hydrogen (secondary N) is 1. The van der Waals surface area contributed by atoms with Crippen LogP contribution in [0.2, 0.25) is 0 Å². The fourth-order valence-corrected chi connectivity index (χ4v) is 2.92. The van der Waals surface area contributed by atoms with E-state index in [1.54, 1.807) is 12.1 Å². The first-order chi connectivity index (χ1) is 10.8. The van der Waals surface area contributed by atoms with Crippen LogP contribution in [0.5, 0.6) is 0 Å². The lowest BCUT2D eigenvalue weighted by Crippen LogP contribution is -2.55. The number of rotatable bonds is 6. The van der Waals surface area contributed by atoms with Crippen molar-refractivity contribution in [1.29, 1.82) is 0 Å². The molecule has 1 atom stereocenters. The van der Waals surface area contributed by atoms with Gasteiger partial charge in [-0.1, -0.05) is 26.0 Å².